The van der Waals surface area contributed by atoms with E-state index in [1.807, 2.05) is 0 Å². The zero-order valence-electron chi connectivity index (χ0n) is 13.6. The van der Waals surface area contributed by atoms with Crippen LogP contribution in [0, 0.1) is 0 Å². The van der Waals surface area contributed by atoms with E-state index in [-0.39, 0.29) is 15.4 Å². The van der Waals surface area contributed by atoms with Gasteiger partial charge >= 0.3 is 0 Å². The van der Waals surface area contributed by atoms with Gasteiger partial charge in [0.25, 0.3) is 10.0 Å². The van der Waals surface area contributed by atoms with Crippen molar-refractivity contribution < 1.29 is 17.0 Å². The molecule has 0 aliphatic rings. The summed E-state index contributed by atoms with van der Waals surface area (Å²) in [5.41, 5.74) is -1.99. The van der Waals surface area contributed by atoms with Crippen molar-refractivity contribution in [1.82, 2.24) is 0 Å². The average molecular weight is 389 g/mol. The van der Waals surface area contributed by atoms with Gasteiger partial charge in [0, 0.05) is 0 Å². The summed E-state index contributed by atoms with van der Waals surface area (Å²) in [6.07, 6.45) is 0. The van der Waals surface area contributed by atoms with E-state index in [2.05, 4.69) is 3.77 Å². The molecule has 0 saturated carbocycles. The third-order valence-corrected chi connectivity index (χ3v) is 7.99. The fraction of sp³-hybridized carbons (Fsp3) is 0.0526. The van der Waals surface area contributed by atoms with Gasteiger partial charge in [-0.25, -0.2) is 8.60 Å². The smallest absolute Gasteiger partial charge is 0.240 e. The Balaban J connectivity index is 2.24. The third-order valence-electron chi connectivity index (χ3n) is 3.67. The van der Waals surface area contributed by atoms with E-state index in [0.717, 1.165) is 0 Å². The predicted molar refractivity (Wildman–Crippen MR) is 99.2 cm³/mol. The lowest BCUT2D eigenvalue weighted by atomic mass is 10.2. The Bertz CT molecular complexity index is 1090. The lowest BCUT2D eigenvalue weighted by Crippen LogP contribution is -2.13. The molecule has 3 rings (SSSR count). The quantitative estimate of drug-likeness (QED) is 0.642. The molecule has 0 spiro atoms. The third kappa shape index (κ3) is 3.68. The molecule has 0 bridgehead atoms. The zero-order valence-corrected chi connectivity index (χ0v) is 15.2. The molecular formula is C19H16FNO3S2. The summed E-state index contributed by atoms with van der Waals surface area (Å²) >= 11 is 0. The molecule has 0 aliphatic carbocycles. The largest absolute Gasteiger partial charge is 0.290 e. The second kappa shape index (κ2) is 7.39. The first-order valence-corrected chi connectivity index (χ1v) is 10.8. The monoisotopic (exact) mass is 389 g/mol. The van der Waals surface area contributed by atoms with Gasteiger partial charge in [-0.15, -0.1) is 0 Å². The van der Waals surface area contributed by atoms with Crippen LogP contribution in [0.3, 0.4) is 0 Å². The predicted octanol–water partition coefficient (Wildman–Crippen LogP) is 4.57. The minimum absolute atomic E-state index is 0.0239. The van der Waals surface area contributed by atoms with Gasteiger partial charge in [-0.1, -0.05) is 70.5 Å². The SMILES string of the molecule is O=S(=O)(N=[S@](=O)(c1ccccc1)[C@H](F)c1ccccc1)c1ccccc1. The molecule has 2 atom stereocenters. The van der Waals surface area contributed by atoms with Crippen LogP contribution in [0.2, 0.25) is 0 Å². The summed E-state index contributed by atoms with van der Waals surface area (Å²) in [5.74, 6) is 0. The molecule has 0 aliphatic heterocycles. The van der Waals surface area contributed by atoms with E-state index in [1.54, 1.807) is 42.5 Å². The van der Waals surface area contributed by atoms with Gasteiger partial charge in [-0.3, -0.25) is 0 Å². The van der Waals surface area contributed by atoms with Gasteiger partial charge in [-0.2, -0.15) is 8.42 Å². The summed E-state index contributed by atoms with van der Waals surface area (Å²) in [7, 11) is -8.24. The van der Waals surface area contributed by atoms with E-state index in [0.29, 0.717) is 0 Å². The first-order chi connectivity index (χ1) is 12.4. The molecule has 4 nitrogen and oxygen atoms in total. The van der Waals surface area contributed by atoms with Crippen LogP contribution < -0.4 is 0 Å². The van der Waals surface area contributed by atoms with Crippen molar-refractivity contribution in [2.24, 2.45) is 3.77 Å². The van der Waals surface area contributed by atoms with Crippen LogP contribution in [-0.4, -0.2) is 12.6 Å². The van der Waals surface area contributed by atoms with Gasteiger partial charge in [-0.05, 0) is 29.8 Å². The molecule has 0 saturated heterocycles. The maximum absolute atomic E-state index is 15.3. The Morgan fingerprint density at radius 1 is 0.654 bits per heavy atom. The van der Waals surface area contributed by atoms with Crippen molar-refractivity contribution in [2.45, 2.75) is 15.3 Å². The van der Waals surface area contributed by atoms with Gasteiger partial charge < -0.3 is 0 Å². The van der Waals surface area contributed by atoms with Crippen molar-refractivity contribution in [1.29, 1.82) is 0 Å². The Kier molecular flexibility index (Phi) is 5.20. The maximum atomic E-state index is 15.3. The van der Waals surface area contributed by atoms with E-state index in [9.17, 15) is 12.6 Å². The molecule has 0 fully saturated rings. The highest BCUT2D eigenvalue weighted by atomic mass is 32.3. The fourth-order valence-electron chi connectivity index (χ4n) is 2.39. The molecular weight excluding hydrogens is 373 g/mol. The summed E-state index contributed by atoms with van der Waals surface area (Å²) < 4.78 is 57.7. The number of halogens is 1. The fourth-order valence-corrected chi connectivity index (χ4v) is 6.36. The number of rotatable bonds is 5. The number of benzene rings is 3. The van der Waals surface area contributed by atoms with E-state index < -0.39 is 25.3 Å². The van der Waals surface area contributed by atoms with Crippen LogP contribution in [0.4, 0.5) is 4.39 Å². The lowest BCUT2D eigenvalue weighted by Gasteiger charge is -2.15. The first-order valence-electron chi connectivity index (χ1n) is 7.75. The second-order valence-corrected chi connectivity index (χ2v) is 9.51. The summed E-state index contributed by atoms with van der Waals surface area (Å²) in [5, 5.41) is 0. The molecule has 26 heavy (non-hydrogen) atoms. The highest BCUT2D eigenvalue weighted by molar-refractivity contribution is 8.03. The van der Waals surface area contributed by atoms with Crippen molar-refractivity contribution in [3.05, 3.63) is 96.6 Å². The van der Waals surface area contributed by atoms with Gasteiger partial charge in [0.1, 0.15) is 9.73 Å². The average Bonchev–Trinajstić information content (AvgIpc) is 2.69. The van der Waals surface area contributed by atoms with E-state index in [1.165, 1.54) is 48.5 Å². The molecule has 0 N–H and O–H groups in total. The Hall–Kier alpha value is -2.51. The first kappa shape index (κ1) is 18.3. The Morgan fingerprint density at radius 2 is 1.08 bits per heavy atom. The molecule has 3 aromatic rings. The van der Waals surface area contributed by atoms with Crippen LogP contribution in [0.1, 0.15) is 11.1 Å². The van der Waals surface area contributed by atoms with Crippen molar-refractivity contribution in [3.8, 4) is 0 Å². The van der Waals surface area contributed by atoms with E-state index in [4.69, 9.17) is 0 Å². The topological polar surface area (TPSA) is 63.6 Å². The Labute approximate surface area is 152 Å². The van der Waals surface area contributed by atoms with Crippen LogP contribution >= 0.6 is 0 Å². The molecule has 0 heterocycles. The standard InChI is InChI=1S/C19H16FNO3S2/c20-19(16-10-4-1-5-11-16)25(22,17-12-6-2-7-13-17)21-26(23,24)18-14-8-3-9-15-18/h1-15,19H/t19-,25-/m0/s1. The van der Waals surface area contributed by atoms with Gasteiger partial charge in [0.15, 0.2) is 0 Å². The highest BCUT2D eigenvalue weighted by Crippen LogP contribution is 2.34. The molecule has 0 amide bonds. The minimum atomic E-state index is -4.31. The lowest BCUT2D eigenvalue weighted by molar-refractivity contribution is 0.450. The van der Waals surface area contributed by atoms with Crippen LogP contribution in [0.15, 0.2) is 105 Å². The highest BCUT2D eigenvalue weighted by Gasteiger charge is 2.30. The number of hydrogen-bond donors (Lipinski definition) is 0. The van der Waals surface area contributed by atoms with Crippen LogP contribution in [-0.2, 0) is 19.8 Å². The molecule has 0 radical (unpaired) electrons. The maximum Gasteiger partial charge on any atom is 0.290 e. The number of sulfonamides is 1. The summed E-state index contributed by atoms with van der Waals surface area (Å²) in [6.45, 7) is 0. The minimum Gasteiger partial charge on any atom is -0.240 e. The molecule has 7 heteroatoms. The van der Waals surface area contributed by atoms with E-state index >= 15 is 4.39 Å². The van der Waals surface area contributed by atoms with Crippen LogP contribution in [0.5, 0.6) is 0 Å². The molecule has 134 valence electrons. The summed E-state index contributed by atoms with van der Waals surface area (Å²) in [6, 6.07) is 22.8. The molecule has 0 unspecified atom stereocenters. The summed E-state index contributed by atoms with van der Waals surface area (Å²) in [4.78, 5) is -0.111. The second-order valence-electron chi connectivity index (χ2n) is 5.47. The van der Waals surface area contributed by atoms with Crippen LogP contribution in [0.25, 0.3) is 0 Å². The van der Waals surface area contributed by atoms with Crippen molar-refractivity contribution in [2.75, 3.05) is 0 Å². The molecule has 0 aromatic heterocycles. The molecule has 3 aromatic carbocycles. The number of hydrogen-bond acceptors (Lipinski definition) is 3. The zero-order chi connectivity index (χ0) is 18.6. The van der Waals surface area contributed by atoms with Gasteiger partial charge in [0.2, 0.25) is 5.50 Å². The van der Waals surface area contributed by atoms with Gasteiger partial charge in [0.05, 0.1) is 9.79 Å². The number of alkyl halides is 1. The normalized spacial score (nSPS) is 15.0. The Morgan fingerprint density at radius 3 is 1.58 bits per heavy atom. The van der Waals surface area contributed by atoms with Crippen molar-refractivity contribution in [3.63, 3.8) is 0 Å². The van der Waals surface area contributed by atoms with Crippen molar-refractivity contribution >= 4 is 19.8 Å². The number of nitrogens with zero attached hydrogens (tertiary/aromatic N) is 1.